The van der Waals surface area contributed by atoms with Crippen molar-refractivity contribution in [2.75, 3.05) is 29.2 Å². The van der Waals surface area contributed by atoms with Gasteiger partial charge in [-0.05, 0) is 55.8 Å². The van der Waals surface area contributed by atoms with Crippen molar-refractivity contribution < 1.29 is 19.5 Å². The molecule has 4 rings (SSSR count). The lowest BCUT2D eigenvalue weighted by atomic mass is 9.94. The van der Waals surface area contributed by atoms with Gasteiger partial charge in [0.15, 0.2) is 5.76 Å². The van der Waals surface area contributed by atoms with E-state index in [4.69, 9.17) is 0 Å². The quantitative estimate of drug-likeness (QED) is 0.491. The molecule has 0 bridgehead atoms. The first-order valence-corrected chi connectivity index (χ1v) is 11.8. The van der Waals surface area contributed by atoms with Crippen LogP contribution in [0, 0.1) is 13.8 Å². The Balaban J connectivity index is 1.83. The molecule has 0 aliphatic carbocycles. The fraction of sp³-hybridized carbons (Fsp3) is 0.231. The number of ketones is 1. The molecule has 3 aromatic rings. The van der Waals surface area contributed by atoms with Crippen molar-refractivity contribution in [1.29, 1.82) is 0 Å². The van der Waals surface area contributed by atoms with Crippen LogP contribution in [0.5, 0.6) is 0 Å². The number of carbonyl (C=O) groups is 3. The molecule has 1 aliphatic heterocycles. The number of Topliss-reactive ketones (excluding diaryl/α,β-unsaturated/α-hetero) is 1. The van der Waals surface area contributed by atoms with Gasteiger partial charge in [-0.1, -0.05) is 12.1 Å². The molecule has 2 amide bonds. The Morgan fingerprint density at radius 2 is 1.69 bits per heavy atom. The first-order valence-electron chi connectivity index (χ1n) is 11.0. The molecule has 1 unspecified atom stereocenters. The molecule has 8 nitrogen and oxygen atoms in total. The maximum absolute atomic E-state index is 13.7. The number of rotatable bonds is 6. The highest BCUT2D eigenvalue weighted by Gasteiger charge is 2.45. The number of amides is 2. The third-order valence-corrected chi connectivity index (χ3v) is 6.83. The Hall–Kier alpha value is -3.98. The van der Waals surface area contributed by atoms with Crippen LogP contribution in [0.25, 0.3) is 0 Å². The average Bonchev–Trinajstić information content (AvgIpc) is 3.29. The molecule has 0 radical (unpaired) electrons. The average molecular weight is 491 g/mol. The fourth-order valence-corrected chi connectivity index (χ4v) is 5.02. The minimum absolute atomic E-state index is 0.0188. The van der Waals surface area contributed by atoms with Crippen LogP contribution in [-0.4, -0.2) is 41.8 Å². The minimum Gasteiger partial charge on any atom is -0.503 e. The van der Waals surface area contributed by atoms with Gasteiger partial charge in [0.2, 0.25) is 11.7 Å². The highest BCUT2D eigenvalue weighted by atomic mass is 32.1. The number of aliphatic hydroxyl groups excluding tert-OH is 1. The molecular weight excluding hydrogens is 464 g/mol. The lowest BCUT2D eigenvalue weighted by molar-refractivity contribution is -0.117. The van der Waals surface area contributed by atoms with Gasteiger partial charge in [0, 0.05) is 38.1 Å². The molecule has 0 saturated heterocycles. The van der Waals surface area contributed by atoms with Crippen LogP contribution >= 0.6 is 11.3 Å². The highest BCUT2D eigenvalue weighted by molar-refractivity contribution is 7.14. The Bertz CT molecular complexity index is 1340. The Morgan fingerprint density at radius 3 is 2.20 bits per heavy atom. The van der Waals surface area contributed by atoms with Crippen molar-refractivity contribution >= 4 is 46.0 Å². The summed E-state index contributed by atoms with van der Waals surface area (Å²) in [4.78, 5) is 46.5. The van der Waals surface area contributed by atoms with Gasteiger partial charge in [0.25, 0.3) is 5.91 Å². The third-order valence-electron chi connectivity index (χ3n) is 5.75. The summed E-state index contributed by atoms with van der Waals surface area (Å²) in [6.07, 6.45) is 0. The zero-order valence-corrected chi connectivity index (χ0v) is 20.9. The number of aliphatic hydroxyl groups is 1. The van der Waals surface area contributed by atoms with E-state index in [2.05, 4.69) is 10.3 Å². The SMILES string of the molecule is CC(=O)Nc1ccc(N2C(=O)C(O)=C(C(=O)c3sc(C)nc3C)C2c2ccc(N(C)C)cc2)cc1. The molecule has 9 heteroatoms. The van der Waals surface area contributed by atoms with Crippen LogP contribution in [0.2, 0.25) is 0 Å². The summed E-state index contributed by atoms with van der Waals surface area (Å²) in [6.45, 7) is 4.96. The second-order valence-electron chi connectivity index (χ2n) is 8.53. The van der Waals surface area contributed by atoms with E-state index in [1.807, 2.05) is 50.2 Å². The summed E-state index contributed by atoms with van der Waals surface area (Å²) >= 11 is 1.24. The molecule has 2 heterocycles. The molecule has 180 valence electrons. The standard InChI is InChI=1S/C26H26N4O4S/c1-14-25(35-16(3)27-14)23(32)21-22(17-6-10-19(11-7-17)29(4)5)30(26(34)24(21)33)20-12-8-18(9-13-20)28-15(2)31/h6-13,22,33H,1-5H3,(H,28,31). The number of nitrogens with zero attached hydrogens (tertiary/aromatic N) is 3. The lowest BCUT2D eigenvalue weighted by Gasteiger charge is -2.27. The van der Waals surface area contributed by atoms with Crippen LogP contribution in [0.4, 0.5) is 17.1 Å². The van der Waals surface area contributed by atoms with Gasteiger partial charge in [-0.15, -0.1) is 11.3 Å². The topological polar surface area (TPSA) is 103 Å². The smallest absolute Gasteiger partial charge is 0.294 e. The summed E-state index contributed by atoms with van der Waals surface area (Å²) in [5, 5.41) is 14.4. The van der Waals surface area contributed by atoms with Crippen LogP contribution in [0.1, 0.15) is 38.9 Å². The Labute approximate surface area is 207 Å². The molecule has 0 spiro atoms. The van der Waals surface area contributed by atoms with Gasteiger partial charge in [0.05, 0.1) is 27.2 Å². The fourth-order valence-electron chi connectivity index (χ4n) is 4.15. The zero-order valence-electron chi connectivity index (χ0n) is 20.1. The predicted molar refractivity (Wildman–Crippen MR) is 137 cm³/mol. The van der Waals surface area contributed by atoms with Crippen LogP contribution in [-0.2, 0) is 9.59 Å². The first-order chi connectivity index (χ1) is 16.6. The van der Waals surface area contributed by atoms with Crippen LogP contribution < -0.4 is 15.1 Å². The number of aromatic nitrogens is 1. The molecule has 1 aliphatic rings. The van der Waals surface area contributed by atoms with E-state index in [0.717, 1.165) is 10.7 Å². The molecule has 1 aromatic heterocycles. The van der Waals surface area contributed by atoms with E-state index in [0.29, 0.717) is 27.5 Å². The second-order valence-corrected chi connectivity index (χ2v) is 9.73. The van der Waals surface area contributed by atoms with Crippen molar-refractivity contribution in [3.05, 3.63) is 81.0 Å². The molecule has 0 saturated carbocycles. The van der Waals surface area contributed by atoms with E-state index in [1.165, 1.54) is 23.2 Å². The van der Waals surface area contributed by atoms with Gasteiger partial charge in [-0.3, -0.25) is 19.3 Å². The maximum Gasteiger partial charge on any atom is 0.294 e. The minimum atomic E-state index is -0.834. The molecular formula is C26H26N4O4S. The van der Waals surface area contributed by atoms with Gasteiger partial charge in [-0.25, -0.2) is 4.98 Å². The largest absolute Gasteiger partial charge is 0.503 e. The van der Waals surface area contributed by atoms with Crippen molar-refractivity contribution in [2.45, 2.75) is 26.8 Å². The molecule has 2 N–H and O–H groups in total. The van der Waals surface area contributed by atoms with E-state index >= 15 is 0 Å². The van der Waals surface area contributed by atoms with Gasteiger partial charge >= 0.3 is 0 Å². The number of hydrogen-bond donors (Lipinski definition) is 2. The summed E-state index contributed by atoms with van der Waals surface area (Å²) in [5.74, 6) is -1.87. The van der Waals surface area contributed by atoms with Gasteiger partial charge < -0.3 is 15.3 Å². The number of anilines is 3. The van der Waals surface area contributed by atoms with E-state index < -0.39 is 23.5 Å². The second kappa shape index (κ2) is 9.34. The Kier molecular flexibility index (Phi) is 6.45. The summed E-state index contributed by atoms with van der Waals surface area (Å²) < 4.78 is 0. The first kappa shape index (κ1) is 24.2. The van der Waals surface area contributed by atoms with Crippen molar-refractivity contribution in [3.8, 4) is 0 Å². The number of thiazole rings is 1. The predicted octanol–water partition coefficient (Wildman–Crippen LogP) is 4.57. The van der Waals surface area contributed by atoms with Crippen molar-refractivity contribution in [3.63, 3.8) is 0 Å². The number of carbonyl (C=O) groups excluding carboxylic acids is 3. The number of benzene rings is 2. The zero-order chi connectivity index (χ0) is 25.4. The van der Waals surface area contributed by atoms with Gasteiger partial charge in [-0.2, -0.15) is 0 Å². The normalized spacial score (nSPS) is 15.5. The summed E-state index contributed by atoms with van der Waals surface area (Å²) in [7, 11) is 3.85. The number of aryl methyl sites for hydroxylation is 2. The molecule has 35 heavy (non-hydrogen) atoms. The highest BCUT2D eigenvalue weighted by Crippen LogP contribution is 2.43. The molecule has 2 aromatic carbocycles. The molecule has 1 atom stereocenters. The Morgan fingerprint density at radius 1 is 1.06 bits per heavy atom. The summed E-state index contributed by atoms with van der Waals surface area (Å²) in [5.41, 5.74) is 3.28. The maximum atomic E-state index is 13.7. The number of hydrogen-bond acceptors (Lipinski definition) is 7. The van der Waals surface area contributed by atoms with E-state index in [1.54, 1.807) is 31.2 Å². The van der Waals surface area contributed by atoms with E-state index in [-0.39, 0.29) is 11.5 Å². The number of nitrogens with one attached hydrogen (secondary N) is 1. The van der Waals surface area contributed by atoms with Crippen LogP contribution in [0.3, 0.4) is 0 Å². The van der Waals surface area contributed by atoms with Crippen molar-refractivity contribution in [2.24, 2.45) is 0 Å². The summed E-state index contributed by atoms with van der Waals surface area (Å²) in [6, 6.07) is 13.4. The van der Waals surface area contributed by atoms with Gasteiger partial charge in [0.1, 0.15) is 0 Å². The van der Waals surface area contributed by atoms with Crippen LogP contribution in [0.15, 0.2) is 59.9 Å². The monoisotopic (exact) mass is 490 g/mol. The van der Waals surface area contributed by atoms with E-state index in [9.17, 15) is 19.5 Å². The lowest BCUT2D eigenvalue weighted by Crippen LogP contribution is -2.31. The third kappa shape index (κ3) is 4.54. The molecule has 0 fully saturated rings. The van der Waals surface area contributed by atoms with Crippen molar-refractivity contribution in [1.82, 2.24) is 4.98 Å².